The fourth-order valence-corrected chi connectivity index (χ4v) is 10.5. The van der Waals surface area contributed by atoms with Gasteiger partial charge in [-0.05, 0) is 91.3 Å². The molecule has 5 fully saturated rings. The van der Waals surface area contributed by atoms with Crippen molar-refractivity contribution in [1.82, 2.24) is 15.1 Å². The third-order valence-corrected chi connectivity index (χ3v) is 11.6. The van der Waals surface area contributed by atoms with Crippen molar-refractivity contribution < 1.29 is 9.90 Å². The monoisotopic (exact) mass is 483 g/mol. The van der Waals surface area contributed by atoms with Crippen molar-refractivity contribution in [3.8, 4) is 5.75 Å². The van der Waals surface area contributed by atoms with E-state index in [2.05, 4.69) is 34.2 Å². The summed E-state index contributed by atoms with van der Waals surface area (Å²) in [6, 6.07) is 17.0. The molecule has 1 amide bonds. The highest BCUT2D eigenvalue weighted by Gasteiger charge is 2.85. The lowest BCUT2D eigenvalue weighted by atomic mass is 9.20. The summed E-state index contributed by atoms with van der Waals surface area (Å²) in [6.07, 6.45) is 4.53. The number of phenolic OH excluding ortho intramolecular Hbond substituents is 1. The number of amides is 1. The molecule has 8 rings (SSSR count). The summed E-state index contributed by atoms with van der Waals surface area (Å²) < 4.78 is 0. The van der Waals surface area contributed by atoms with Gasteiger partial charge in [-0.3, -0.25) is 9.69 Å². The van der Waals surface area contributed by atoms with Crippen molar-refractivity contribution in [2.45, 2.75) is 50.1 Å². The highest BCUT2D eigenvalue weighted by molar-refractivity contribution is 5.94. The van der Waals surface area contributed by atoms with E-state index in [-0.39, 0.29) is 17.4 Å². The van der Waals surface area contributed by atoms with E-state index in [1.807, 2.05) is 36.4 Å². The third kappa shape index (κ3) is 2.42. The Hall–Kier alpha value is -2.37. The molecule has 6 aliphatic rings. The Morgan fingerprint density at radius 3 is 2.72 bits per heavy atom. The van der Waals surface area contributed by atoms with Crippen LogP contribution >= 0.6 is 0 Å². The van der Waals surface area contributed by atoms with Gasteiger partial charge in [-0.1, -0.05) is 31.2 Å². The molecule has 0 aromatic heterocycles. The molecule has 6 unspecified atom stereocenters. The third-order valence-electron chi connectivity index (χ3n) is 11.6. The Kier molecular flexibility index (Phi) is 4.43. The highest BCUT2D eigenvalue weighted by Crippen LogP contribution is 2.84. The van der Waals surface area contributed by atoms with E-state index >= 15 is 0 Å². The van der Waals surface area contributed by atoms with Crippen LogP contribution in [-0.4, -0.2) is 65.6 Å². The highest BCUT2D eigenvalue weighted by atomic mass is 16.3. The molecule has 2 saturated carbocycles. The van der Waals surface area contributed by atoms with Crippen molar-refractivity contribution in [3.63, 3.8) is 0 Å². The molecule has 2 N–H and O–H groups in total. The lowest BCUT2D eigenvalue weighted by Gasteiger charge is -2.88. The number of phenols is 1. The maximum absolute atomic E-state index is 13.8. The Balaban J connectivity index is 1.23. The summed E-state index contributed by atoms with van der Waals surface area (Å²) in [4.78, 5) is 19.0. The minimum Gasteiger partial charge on any atom is -0.508 e. The number of aromatic hydroxyl groups is 1. The zero-order valence-electron chi connectivity index (χ0n) is 21.2. The van der Waals surface area contributed by atoms with Gasteiger partial charge in [0, 0.05) is 54.7 Å². The molecule has 3 aliphatic carbocycles. The van der Waals surface area contributed by atoms with Crippen LogP contribution in [0.4, 0.5) is 0 Å². The summed E-state index contributed by atoms with van der Waals surface area (Å²) in [5.41, 5.74) is 4.11. The van der Waals surface area contributed by atoms with Gasteiger partial charge in [0.15, 0.2) is 0 Å². The van der Waals surface area contributed by atoms with Crippen LogP contribution in [0.5, 0.6) is 5.75 Å². The molecule has 5 nitrogen and oxygen atoms in total. The van der Waals surface area contributed by atoms with Gasteiger partial charge >= 0.3 is 0 Å². The lowest BCUT2D eigenvalue weighted by Crippen LogP contribution is -2.90. The van der Waals surface area contributed by atoms with Gasteiger partial charge in [0.1, 0.15) is 5.75 Å². The predicted molar refractivity (Wildman–Crippen MR) is 139 cm³/mol. The number of hydrogen-bond donors (Lipinski definition) is 2. The van der Waals surface area contributed by atoms with Crippen molar-refractivity contribution in [2.24, 2.45) is 29.1 Å². The van der Waals surface area contributed by atoms with E-state index in [1.165, 1.54) is 24.1 Å². The van der Waals surface area contributed by atoms with Crippen LogP contribution in [0, 0.1) is 29.1 Å². The number of piperidine rings is 2. The average Bonchev–Trinajstić information content (AvgIpc) is 2.85. The first-order valence-corrected chi connectivity index (χ1v) is 14.2. The van der Waals surface area contributed by atoms with Gasteiger partial charge < -0.3 is 15.3 Å². The summed E-state index contributed by atoms with van der Waals surface area (Å²) in [5.74, 6) is 3.23. The summed E-state index contributed by atoms with van der Waals surface area (Å²) in [7, 11) is 0. The van der Waals surface area contributed by atoms with Gasteiger partial charge in [-0.2, -0.15) is 0 Å². The smallest absolute Gasteiger partial charge is 0.254 e. The molecular formula is C31H37N3O2. The SMILES string of the molecule is CCC1C2C3[C@@H](CN1C(=O)c1ccccc1)CC31C3Cc4ccc(O)cc4C21CCN3CC1CNC1. The second-order valence-corrected chi connectivity index (χ2v) is 12.7. The number of rotatable bonds is 4. The van der Waals surface area contributed by atoms with Crippen LogP contribution in [0.1, 0.15) is 47.7 Å². The summed E-state index contributed by atoms with van der Waals surface area (Å²) >= 11 is 0. The van der Waals surface area contributed by atoms with Crippen LogP contribution in [0.3, 0.4) is 0 Å². The Bertz CT molecular complexity index is 1230. The predicted octanol–water partition coefficient (Wildman–Crippen LogP) is 3.67. The molecule has 36 heavy (non-hydrogen) atoms. The molecule has 3 heterocycles. The fraction of sp³-hybridized carbons (Fsp3) is 0.581. The maximum Gasteiger partial charge on any atom is 0.254 e. The zero-order valence-corrected chi connectivity index (χ0v) is 21.2. The van der Waals surface area contributed by atoms with Crippen molar-refractivity contribution >= 4 is 5.91 Å². The van der Waals surface area contributed by atoms with Crippen LogP contribution < -0.4 is 5.32 Å². The van der Waals surface area contributed by atoms with E-state index < -0.39 is 0 Å². The van der Waals surface area contributed by atoms with E-state index in [9.17, 15) is 9.90 Å². The number of carbonyl (C=O) groups is 1. The van der Waals surface area contributed by atoms with Gasteiger partial charge in [-0.15, -0.1) is 0 Å². The molecule has 7 atom stereocenters. The van der Waals surface area contributed by atoms with E-state index in [0.29, 0.717) is 35.0 Å². The number of likely N-dealkylation sites (tertiary alicyclic amines) is 2. The van der Waals surface area contributed by atoms with E-state index in [1.54, 1.807) is 0 Å². The second-order valence-electron chi connectivity index (χ2n) is 12.7. The molecule has 5 heteroatoms. The van der Waals surface area contributed by atoms with E-state index in [4.69, 9.17) is 0 Å². The minimum atomic E-state index is 0.0931. The number of nitrogens with zero attached hydrogens (tertiary/aromatic N) is 2. The lowest BCUT2D eigenvalue weighted by molar-refractivity contribution is -0.349. The molecule has 188 valence electrons. The number of hydrogen-bond acceptors (Lipinski definition) is 4. The first kappa shape index (κ1) is 21.7. The standard InChI is InChI=1S/C31H37N3O2/c1-2-25-28-27-22(18-34(25)29(36)20-6-4-3-5-7-20)14-31(27)26-12-21-8-9-23(35)13-24(21)30(28,31)10-11-33(26)17-19-15-32-16-19/h3-9,13,19,22,25-28,32,35H,2,10-12,14-18H2,1H3/t22-,25?,26?,27?,28?,30?,31?/m1/s1. The molecule has 1 spiro atoms. The number of nitrogens with one attached hydrogen (secondary N) is 1. The first-order valence-electron chi connectivity index (χ1n) is 14.2. The number of fused-ring (bicyclic) bond motifs is 1. The Labute approximate surface area is 213 Å². The van der Waals surface area contributed by atoms with Crippen molar-refractivity contribution in [3.05, 3.63) is 65.2 Å². The fourth-order valence-electron chi connectivity index (χ4n) is 10.5. The molecule has 2 aromatic rings. The average molecular weight is 484 g/mol. The maximum atomic E-state index is 13.8. The van der Waals surface area contributed by atoms with Gasteiger partial charge in [0.25, 0.3) is 5.91 Å². The number of benzene rings is 2. The molecule has 3 aliphatic heterocycles. The van der Waals surface area contributed by atoms with E-state index in [0.717, 1.165) is 56.9 Å². The topological polar surface area (TPSA) is 55.8 Å². The summed E-state index contributed by atoms with van der Waals surface area (Å²) in [6.45, 7) is 7.89. The van der Waals surface area contributed by atoms with Crippen LogP contribution in [0.2, 0.25) is 0 Å². The molecule has 3 saturated heterocycles. The van der Waals surface area contributed by atoms with Gasteiger partial charge in [0.2, 0.25) is 0 Å². The Morgan fingerprint density at radius 1 is 1.14 bits per heavy atom. The molecule has 0 radical (unpaired) electrons. The normalized spacial score (nSPS) is 40.1. The van der Waals surface area contributed by atoms with Crippen molar-refractivity contribution in [2.75, 3.05) is 32.7 Å². The van der Waals surface area contributed by atoms with Gasteiger partial charge in [0.05, 0.1) is 0 Å². The quantitative estimate of drug-likeness (QED) is 0.697. The number of carbonyl (C=O) groups excluding carboxylic acids is 1. The van der Waals surface area contributed by atoms with Crippen LogP contribution in [-0.2, 0) is 11.8 Å². The minimum absolute atomic E-state index is 0.0931. The zero-order chi connectivity index (χ0) is 24.2. The first-order chi connectivity index (χ1) is 17.6. The molecule has 2 aromatic carbocycles. The largest absolute Gasteiger partial charge is 0.508 e. The molecule has 2 bridgehead atoms. The molecular weight excluding hydrogens is 446 g/mol. The van der Waals surface area contributed by atoms with Crippen LogP contribution in [0.25, 0.3) is 0 Å². The van der Waals surface area contributed by atoms with Crippen molar-refractivity contribution in [1.29, 1.82) is 0 Å². The van der Waals surface area contributed by atoms with Crippen LogP contribution in [0.15, 0.2) is 48.5 Å². The summed E-state index contributed by atoms with van der Waals surface area (Å²) in [5, 5.41) is 14.1. The Morgan fingerprint density at radius 2 is 1.97 bits per heavy atom. The second kappa shape index (κ2) is 7.35. The van der Waals surface area contributed by atoms with Gasteiger partial charge in [-0.25, -0.2) is 0 Å².